The maximum absolute atomic E-state index is 12.0. The minimum absolute atomic E-state index is 0.151. The van der Waals surface area contributed by atoms with Crippen LogP contribution in [0.5, 0.6) is 0 Å². The largest absolute Gasteiger partial charge is 0.345 e. The number of benzene rings is 1. The van der Waals surface area contributed by atoms with Gasteiger partial charge in [-0.05, 0) is 24.6 Å². The van der Waals surface area contributed by atoms with Gasteiger partial charge in [0.05, 0.1) is 11.6 Å². The first-order chi connectivity index (χ1) is 9.58. The van der Waals surface area contributed by atoms with Crippen molar-refractivity contribution in [1.82, 2.24) is 15.3 Å². The molecule has 0 spiro atoms. The van der Waals surface area contributed by atoms with Gasteiger partial charge in [-0.25, -0.2) is 9.97 Å². The number of rotatable bonds is 4. The van der Waals surface area contributed by atoms with Crippen LogP contribution < -0.4 is 5.32 Å². The van der Waals surface area contributed by atoms with Crippen molar-refractivity contribution in [3.05, 3.63) is 54.1 Å². The minimum Gasteiger partial charge on any atom is -0.345 e. The van der Waals surface area contributed by atoms with Crippen LogP contribution in [0.1, 0.15) is 28.9 Å². The minimum atomic E-state index is -0.995. The second-order valence-corrected chi connectivity index (χ2v) is 5.73. The molecule has 6 heteroatoms. The summed E-state index contributed by atoms with van der Waals surface area (Å²) in [5.41, 5.74) is 1.37. The van der Waals surface area contributed by atoms with Gasteiger partial charge < -0.3 is 5.32 Å². The lowest BCUT2D eigenvalue weighted by Gasteiger charge is -2.14. The molecule has 104 valence electrons. The number of nitrogens with zero attached hydrogens (tertiary/aromatic N) is 2. The van der Waals surface area contributed by atoms with Gasteiger partial charge in [-0.1, -0.05) is 12.1 Å². The Morgan fingerprint density at radius 2 is 1.80 bits per heavy atom. The van der Waals surface area contributed by atoms with E-state index in [1.54, 1.807) is 18.4 Å². The Balaban J connectivity index is 2.06. The third-order valence-electron chi connectivity index (χ3n) is 2.88. The molecule has 1 heterocycles. The van der Waals surface area contributed by atoms with Crippen molar-refractivity contribution in [2.24, 2.45) is 0 Å². The van der Waals surface area contributed by atoms with E-state index in [4.69, 9.17) is 0 Å². The molecule has 0 saturated heterocycles. The summed E-state index contributed by atoms with van der Waals surface area (Å²) in [6, 6.07) is 7.19. The lowest BCUT2D eigenvalue weighted by atomic mass is 10.1. The monoisotopic (exact) mass is 289 g/mol. The average Bonchev–Trinajstić information content (AvgIpc) is 2.48. The van der Waals surface area contributed by atoms with Crippen molar-refractivity contribution in [3.63, 3.8) is 0 Å². The van der Waals surface area contributed by atoms with Crippen LogP contribution in [-0.2, 0) is 10.8 Å². The smallest absolute Gasteiger partial charge is 0.254 e. The Hall–Kier alpha value is -2.08. The Bertz CT molecular complexity index is 614. The molecular formula is C14H15N3O2S. The molecular weight excluding hydrogens is 274 g/mol. The predicted octanol–water partition coefficient (Wildman–Crippen LogP) is 1.71. The summed E-state index contributed by atoms with van der Waals surface area (Å²) in [5.74, 6) is -0.221. The normalized spacial score (nSPS) is 13.5. The van der Waals surface area contributed by atoms with E-state index in [9.17, 15) is 9.00 Å². The lowest BCUT2D eigenvalue weighted by Crippen LogP contribution is -2.26. The molecule has 2 rings (SSSR count). The van der Waals surface area contributed by atoms with Crippen LogP contribution in [0.3, 0.4) is 0 Å². The van der Waals surface area contributed by atoms with Crippen LogP contribution in [0, 0.1) is 0 Å². The van der Waals surface area contributed by atoms with Crippen LogP contribution in [0.4, 0.5) is 0 Å². The van der Waals surface area contributed by atoms with Crippen molar-refractivity contribution >= 4 is 16.7 Å². The number of hydrogen-bond acceptors (Lipinski definition) is 4. The summed E-state index contributed by atoms with van der Waals surface area (Å²) < 4.78 is 11.3. The summed E-state index contributed by atoms with van der Waals surface area (Å²) in [4.78, 5) is 20.4. The van der Waals surface area contributed by atoms with Gasteiger partial charge in [0.15, 0.2) is 0 Å². The van der Waals surface area contributed by atoms with Crippen LogP contribution in [0.25, 0.3) is 0 Å². The van der Waals surface area contributed by atoms with Crippen molar-refractivity contribution in [2.75, 3.05) is 6.26 Å². The molecule has 1 aromatic carbocycles. The summed E-state index contributed by atoms with van der Waals surface area (Å²) >= 11 is 0. The van der Waals surface area contributed by atoms with E-state index in [1.165, 1.54) is 18.7 Å². The number of nitrogens with one attached hydrogen (secondary N) is 1. The fourth-order valence-electron chi connectivity index (χ4n) is 1.73. The second-order valence-electron chi connectivity index (χ2n) is 4.35. The van der Waals surface area contributed by atoms with Crippen molar-refractivity contribution in [1.29, 1.82) is 0 Å². The van der Waals surface area contributed by atoms with Gasteiger partial charge >= 0.3 is 0 Å². The molecule has 2 aromatic rings. The van der Waals surface area contributed by atoms with Crippen molar-refractivity contribution < 1.29 is 9.00 Å². The molecule has 2 unspecified atom stereocenters. The van der Waals surface area contributed by atoms with Gasteiger partial charge in [-0.15, -0.1) is 0 Å². The number of amides is 1. The maximum Gasteiger partial charge on any atom is 0.254 e. The Labute approximate surface area is 119 Å². The van der Waals surface area contributed by atoms with Crippen molar-refractivity contribution in [2.45, 2.75) is 17.9 Å². The van der Waals surface area contributed by atoms with Gasteiger partial charge in [0.1, 0.15) is 6.33 Å². The Kier molecular flexibility index (Phi) is 4.57. The molecule has 0 saturated carbocycles. The van der Waals surface area contributed by atoms with E-state index < -0.39 is 10.8 Å². The fourth-order valence-corrected chi connectivity index (χ4v) is 2.25. The molecule has 0 radical (unpaired) electrons. The maximum atomic E-state index is 12.0. The van der Waals surface area contributed by atoms with E-state index in [-0.39, 0.29) is 11.9 Å². The van der Waals surface area contributed by atoms with E-state index in [0.717, 1.165) is 10.5 Å². The third kappa shape index (κ3) is 3.48. The quantitative estimate of drug-likeness (QED) is 0.930. The van der Waals surface area contributed by atoms with Gasteiger partial charge in [0.25, 0.3) is 5.91 Å². The molecule has 1 amide bonds. The molecule has 5 nitrogen and oxygen atoms in total. The summed E-state index contributed by atoms with van der Waals surface area (Å²) in [6.45, 7) is 1.89. The van der Waals surface area contributed by atoms with Gasteiger partial charge in [0, 0.05) is 34.3 Å². The van der Waals surface area contributed by atoms with Crippen LogP contribution in [-0.4, -0.2) is 26.3 Å². The SMILES string of the molecule is CC(NC(=O)c1cncnc1)c1ccc(S(C)=O)cc1. The molecule has 0 aliphatic heterocycles. The molecule has 0 bridgehead atoms. The number of carbonyl (C=O) groups excluding carboxylic acids is 1. The molecule has 1 aromatic heterocycles. The molecule has 0 fully saturated rings. The highest BCUT2D eigenvalue weighted by molar-refractivity contribution is 7.84. The standard InChI is InChI=1S/C14H15N3O2S/c1-10(11-3-5-13(6-4-11)20(2)19)17-14(18)12-7-15-9-16-8-12/h3-10H,1-2H3,(H,17,18). The van der Waals surface area contributed by atoms with Crippen LogP contribution >= 0.6 is 0 Å². The van der Waals surface area contributed by atoms with Crippen LogP contribution in [0.15, 0.2) is 47.9 Å². The van der Waals surface area contributed by atoms with E-state index in [1.807, 2.05) is 19.1 Å². The van der Waals surface area contributed by atoms with E-state index >= 15 is 0 Å². The Morgan fingerprint density at radius 1 is 1.20 bits per heavy atom. The van der Waals surface area contributed by atoms with Crippen molar-refractivity contribution in [3.8, 4) is 0 Å². The first kappa shape index (κ1) is 14.3. The second kappa shape index (κ2) is 6.38. The molecule has 1 N–H and O–H groups in total. The van der Waals surface area contributed by atoms with Gasteiger partial charge in [-0.2, -0.15) is 0 Å². The first-order valence-electron chi connectivity index (χ1n) is 6.07. The zero-order valence-corrected chi connectivity index (χ0v) is 12.1. The molecule has 2 atom stereocenters. The van der Waals surface area contributed by atoms with E-state index in [2.05, 4.69) is 15.3 Å². The molecule has 0 aliphatic carbocycles. The number of carbonyl (C=O) groups is 1. The highest BCUT2D eigenvalue weighted by atomic mass is 32.2. The van der Waals surface area contributed by atoms with Gasteiger partial charge in [-0.3, -0.25) is 9.00 Å². The summed E-state index contributed by atoms with van der Waals surface area (Å²) in [6.07, 6.45) is 5.95. The lowest BCUT2D eigenvalue weighted by molar-refractivity contribution is 0.0939. The third-order valence-corrected chi connectivity index (χ3v) is 3.82. The topological polar surface area (TPSA) is 72.0 Å². The predicted molar refractivity (Wildman–Crippen MR) is 76.7 cm³/mol. The number of hydrogen-bond donors (Lipinski definition) is 1. The highest BCUT2D eigenvalue weighted by Crippen LogP contribution is 2.15. The average molecular weight is 289 g/mol. The zero-order valence-electron chi connectivity index (χ0n) is 11.2. The fraction of sp³-hybridized carbons (Fsp3) is 0.214. The number of aromatic nitrogens is 2. The first-order valence-corrected chi connectivity index (χ1v) is 7.63. The summed E-state index contributed by atoms with van der Waals surface area (Å²) in [5, 5.41) is 2.87. The van der Waals surface area contributed by atoms with E-state index in [0.29, 0.717) is 5.56 Å². The zero-order chi connectivity index (χ0) is 14.5. The molecule has 0 aliphatic rings. The van der Waals surface area contributed by atoms with Crippen LogP contribution in [0.2, 0.25) is 0 Å². The Morgan fingerprint density at radius 3 is 2.35 bits per heavy atom. The molecule has 20 heavy (non-hydrogen) atoms. The van der Waals surface area contributed by atoms with Gasteiger partial charge in [0.2, 0.25) is 0 Å². The highest BCUT2D eigenvalue weighted by Gasteiger charge is 2.12. The summed E-state index contributed by atoms with van der Waals surface area (Å²) in [7, 11) is -0.995.